The topological polar surface area (TPSA) is 97.7 Å². The molecule has 1 heterocycles. The first kappa shape index (κ1) is 17.4. The van der Waals surface area contributed by atoms with Gasteiger partial charge >= 0.3 is 11.9 Å². The van der Waals surface area contributed by atoms with Gasteiger partial charge < -0.3 is 9.84 Å². The summed E-state index contributed by atoms with van der Waals surface area (Å²) in [7, 11) is 0. The highest BCUT2D eigenvalue weighted by Gasteiger charge is 2.31. The fraction of sp³-hybridized carbons (Fsp3) is 0. The highest BCUT2D eigenvalue weighted by Crippen LogP contribution is 2.32. The smallest absolute Gasteiger partial charge is 0.346 e. The van der Waals surface area contributed by atoms with Crippen LogP contribution in [0.4, 0.5) is 0 Å². The number of benzene rings is 3. The summed E-state index contributed by atoms with van der Waals surface area (Å²) in [6, 6.07) is 17.7. The Kier molecular flexibility index (Phi) is 4.08. The van der Waals surface area contributed by atoms with Gasteiger partial charge in [0.25, 0.3) is 0 Å². The summed E-state index contributed by atoms with van der Waals surface area (Å²) in [6.07, 6.45) is 0. The molecule has 136 valence electrons. The predicted molar refractivity (Wildman–Crippen MR) is 97.6 cm³/mol. The summed E-state index contributed by atoms with van der Waals surface area (Å²) < 4.78 is 4.35. The molecule has 1 aliphatic carbocycles. The minimum Gasteiger partial charge on any atom is -0.507 e. The van der Waals surface area contributed by atoms with Crippen LogP contribution in [0.15, 0.2) is 66.7 Å². The number of rotatable bonds is 0. The molecule has 3 aromatic carbocycles. The fourth-order valence-electron chi connectivity index (χ4n) is 3.16. The molecule has 5 rings (SSSR count). The van der Waals surface area contributed by atoms with Crippen LogP contribution in [0, 0.1) is 0 Å². The van der Waals surface area contributed by atoms with Crippen molar-refractivity contribution in [3.63, 3.8) is 0 Å². The van der Waals surface area contributed by atoms with E-state index in [4.69, 9.17) is 0 Å². The Labute approximate surface area is 159 Å². The second kappa shape index (κ2) is 6.59. The SMILES string of the molecule is O=C1OC(=O)c2ccccc21.O=C1c2ccccc2C(=O)c2c(O)cccc21. The average Bonchev–Trinajstić information content (AvgIpc) is 3.01. The average molecular weight is 372 g/mol. The number of carbonyl (C=O) groups excluding carboxylic acids is 4. The predicted octanol–water partition coefficient (Wildman–Crippen LogP) is 3.16. The van der Waals surface area contributed by atoms with E-state index in [-0.39, 0.29) is 28.4 Å². The number of cyclic esters (lactones) is 2. The van der Waals surface area contributed by atoms with Crippen molar-refractivity contribution in [2.75, 3.05) is 0 Å². The highest BCUT2D eigenvalue weighted by atomic mass is 16.6. The minimum atomic E-state index is -0.550. The van der Waals surface area contributed by atoms with Crippen molar-refractivity contribution in [3.05, 3.63) is 100 Å². The molecule has 28 heavy (non-hydrogen) atoms. The van der Waals surface area contributed by atoms with E-state index in [1.807, 2.05) is 0 Å². The van der Waals surface area contributed by atoms with Crippen LogP contribution in [0.25, 0.3) is 0 Å². The van der Waals surface area contributed by atoms with Gasteiger partial charge in [-0.15, -0.1) is 0 Å². The van der Waals surface area contributed by atoms with E-state index in [9.17, 15) is 24.3 Å². The zero-order chi connectivity index (χ0) is 19.8. The van der Waals surface area contributed by atoms with Crippen molar-refractivity contribution in [2.24, 2.45) is 0 Å². The molecule has 6 heteroatoms. The molecule has 0 unspecified atom stereocenters. The van der Waals surface area contributed by atoms with Gasteiger partial charge in [0, 0.05) is 16.7 Å². The van der Waals surface area contributed by atoms with E-state index in [1.165, 1.54) is 6.07 Å². The summed E-state index contributed by atoms with van der Waals surface area (Å²) in [6.45, 7) is 0. The summed E-state index contributed by atoms with van der Waals surface area (Å²) in [5.41, 5.74) is 1.85. The lowest BCUT2D eigenvalue weighted by molar-refractivity contribution is 0.0443. The molecule has 0 fully saturated rings. The van der Waals surface area contributed by atoms with Crippen LogP contribution >= 0.6 is 0 Å². The summed E-state index contributed by atoms with van der Waals surface area (Å²) >= 11 is 0. The Balaban J connectivity index is 0.000000151. The molecule has 0 amide bonds. The molecule has 0 saturated carbocycles. The summed E-state index contributed by atoms with van der Waals surface area (Å²) in [5.74, 6) is -1.76. The number of fused-ring (bicyclic) bond motifs is 3. The quantitative estimate of drug-likeness (QED) is 0.376. The third-order valence-electron chi connectivity index (χ3n) is 4.48. The zero-order valence-electron chi connectivity index (χ0n) is 14.3. The van der Waals surface area contributed by atoms with Gasteiger partial charge in [-0.2, -0.15) is 0 Å². The number of hydrogen-bond acceptors (Lipinski definition) is 6. The first-order valence-electron chi connectivity index (χ1n) is 8.35. The molecule has 0 aromatic heterocycles. The maximum Gasteiger partial charge on any atom is 0.346 e. The number of aromatic hydroxyl groups is 1. The molecular formula is C22H12O6. The standard InChI is InChI=1S/C14H8O3.C8H4O3/c15-11-7-3-6-10-12(11)14(17)9-5-2-1-4-8(9)13(10)16;9-7-5-3-1-2-4-6(5)8(10)11-7/h1-7,15H;1-4H. The van der Waals surface area contributed by atoms with Crippen LogP contribution in [0.3, 0.4) is 0 Å². The Morgan fingerprint density at radius 3 is 1.57 bits per heavy atom. The Hall–Kier alpha value is -4.06. The molecular weight excluding hydrogens is 360 g/mol. The number of phenols is 1. The third-order valence-corrected chi connectivity index (χ3v) is 4.48. The van der Waals surface area contributed by atoms with Crippen molar-refractivity contribution in [1.29, 1.82) is 0 Å². The lowest BCUT2D eigenvalue weighted by Crippen LogP contribution is -2.20. The Bertz CT molecular complexity index is 1140. The molecule has 6 nitrogen and oxygen atoms in total. The van der Waals surface area contributed by atoms with Gasteiger partial charge in [0.1, 0.15) is 5.75 Å². The number of hydrogen-bond donors (Lipinski definition) is 1. The van der Waals surface area contributed by atoms with E-state index in [1.54, 1.807) is 60.7 Å². The molecule has 0 radical (unpaired) electrons. The molecule has 1 N–H and O–H groups in total. The van der Waals surface area contributed by atoms with Crippen molar-refractivity contribution in [3.8, 4) is 5.75 Å². The molecule has 0 bridgehead atoms. The van der Waals surface area contributed by atoms with Gasteiger partial charge in [-0.1, -0.05) is 48.5 Å². The molecule has 0 saturated heterocycles. The lowest BCUT2D eigenvalue weighted by atomic mass is 9.84. The van der Waals surface area contributed by atoms with Crippen molar-refractivity contribution in [1.82, 2.24) is 0 Å². The number of ketones is 2. The fourth-order valence-corrected chi connectivity index (χ4v) is 3.16. The first-order chi connectivity index (χ1) is 13.5. The Morgan fingerprint density at radius 1 is 0.536 bits per heavy atom. The summed E-state index contributed by atoms with van der Waals surface area (Å²) in [5, 5.41) is 9.70. The summed E-state index contributed by atoms with van der Waals surface area (Å²) in [4.78, 5) is 46.0. The normalized spacial score (nSPS) is 13.7. The zero-order valence-corrected chi connectivity index (χ0v) is 14.3. The van der Waals surface area contributed by atoms with E-state index in [0.717, 1.165) is 0 Å². The van der Waals surface area contributed by atoms with Gasteiger partial charge in [-0.25, -0.2) is 9.59 Å². The molecule has 0 atom stereocenters. The van der Waals surface area contributed by atoms with E-state index < -0.39 is 11.9 Å². The van der Waals surface area contributed by atoms with Crippen LogP contribution in [-0.4, -0.2) is 28.6 Å². The van der Waals surface area contributed by atoms with Gasteiger partial charge in [0.15, 0.2) is 11.6 Å². The van der Waals surface area contributed by atoms with Gasteiger partial charge in [-0.05, 0) is 18.2 Å². The number of ether oxygens (including phenoxy) is 1. The molecule has 1 aliphatic heterocycles. The van der Waals surface area contributed by atoms with Crippen molar-refractivity contribution >= 4 is 23.5 Å². The van der Waals surface area contributed by atoms with Crippen LogP contribution in [0.5, 0.6) is 5.75 Å². The number of esters is 2. The van der Waals surface area contributed by atoms with E-state index >= 15 is 0 Å². The lowest BCUT2D eigenvalue weighted by Gasteiger charge is -2.17. The molecule has 2 aliphatic rings. The number of phenolic OH excluding ortho intramolecular Hbond substituents is 1. The number of carbonyl (C=O) groups is 4. The maximum atomic E-state index is 12.2. The van der Waals surface area contributed by atoms with Crippen LogP contribution < -0.4 is 0 Å². The molecule has 3 aromatic rings. The minimum absolute atomic E-state index is 0.108. The van der Waals surface area contributed by atoms with Crippen LogP contribution in [0.2, 0.25) is 0 Å². The van der Waals surface area contributed by atoms with E-state index in [0.29, 0.717) is 22.3 Å². The van der Waals surface area contributed by atoms with Gasteiger partial charge in [0.2, 0.25) is 0 Å². The first-order valence-corrected chi connectivity index (χ1v) is 8.35. The second-order valence-electron chi connectivity index (χ2n) is 6.13. The van der Waals surface area contributed by atoms with E-state index in [2.05, 4.69) is 4.74 Å². The second-order valence-corrected chi connectivity index (χ2v) is 6.13. The van der Waals surface area contributed by atoms with Gasteiger partial charge in [-0.3, -0.25) is 9.59 Å². The monoisotopic (exact) mass is 372 g/mol. The van der Waals surface area contributed by atoms with Crippen molar-refractivity contribution < 1.29 is 29.0 Å². The third kappa shape index (κ3) is 2.68. The van der Waals surface area contributed by atoms with Gasteiger partial charge in [0.05, 0.1) is 16.7 Å². The largest absolute Gasteiger partial charge is 0.507 e. The Morgan fingerprint density at radius 2 is 1.00 bits per heavy atom. The molecule has 0 spiro atoms. The highest BCUT2D eigenvalue weighted by molar-refractivity contribution is 6.29. The van der Waals surface area contributed by atoms with Crippen LogP contribution in [-0.2, 0) is 4.74 Å². The van der Waals surface area contributed by atoms with Crippen LogP contribution in [0.1, 0.15) is 52.6 Å². The van der Waals surface area contributed by atoms with Crippen molar-refractivity contribution in [2.45, 2.75) is 0 Å². The maximum absolute atomic E-state index is 12.2.